The molecular formula is C22H31IN4O3. The van der Waals surface area contributed by atoms with Crippen molar-refractivity contribution in [3.05, 3.63) is 59.7 Å². The smallest absolute Gasteiger partial charge is 0.251 e. The van der Waals surface area contributed by atoms with E-state index in [1.54, 1.807) is 12.1 Å². The number of hydrogen-bond acceptors (Lipinski definition) is 4. The second kappa shape index (κ2) is 13.7. The highest BCUT2D eigenvalue weighted by Gasteiger charge is 2.06. The number of aliphatic imine (C=N–C) groups is 1. The van der Waals surface area contributed by atoms with Crippen LogP contribution in [0, 0.1) is 6.92 Å². The third-order valence-corrected chi connectivity index (χ3v) is 4.01. The number of ether oxygens (including phenoxy) is 1. The zero-order valence-electron chi connectivity index (χ0n) is 17.6. The van der Waals surface area contributed by atoms with Gasteiger partial charge in [0.25, 0.3) is 5.91 Å². The molecule has 0 fully saturated rings. The molecule has 0 bridgehead atoms. The zero-order chi connectivity index (χ0) is 21.1. The fourth-order valence-electron chi connectivity index (χ4n) is 2.59. The Hall–Kier alpha value is -2.49. The van der Waals surface area contributed by atoms with Crippen molar-refractivity contribution >= 4 is 35.8 Å². The van der Waals surface area contributed by atoms with Crippen LogP contribution in [0.15, 0.2) is 53.5 Å². The number of phenols is 1. The Morgan fingerprint density at radius 3 is 2.47 bits per heavy atom. The Bertz CT molecular complexity index is 812. The first-order chi connectivity index (χ1) is 14.0. The van der Waals surface area contributed by atoms with Gasteiger partial charge in [-0.3, -0.25) is 4.79 Å². The first kappa shape index (κ1) is 25.5. The van der Waals surface area contributed by atoms with Crippen LogP contribution in [0.1, 0.15) is 29.8 Å². The number of nitrogens with one attached hydrogen (secondary N) is 3. The number of nitrogens with zero attached hydrogens (tertiary/aromatic N) is 1. The van der Waals surface area contributed by atoms with Gasteiger partial charge in [0.2, 0.25) is 0 Å². The van der Waals surface area contributed by atoms with E-state index in [9.17, 15) is 9.90 Å². The molecule has 2 aromatic carbocycles. The number of carbonyl (C=O) groups is 1. The van der Waals surface area contributed by atoms with Gasteiger partial charge in [-0.15, -0.1) is 24.0 Å². The average molecular weight is 526 g/mol. The molecule has 4 N–H and O–H groups in total. The molecule has 0 aromatic heterocycles. The van der Waals surface area contributed by atoms with Gasteiger partial charge in [-0.25, -0.2) is 4.99 Å². The van der Waals surface area contributed by atoms with E-state index in [0.717, 1.165) is 17.9 Å². The molecule has 7 nitrogen and oxygen atoms in total. The van der Waals surface area contributed by atoms with Crippen LogP contribution in [0.2, 0.25) is 0 Å². The Morgan fingerprint density at radius 2 is 1.80 bits per heavy atom. The Kier molecular flexibility index (Phi) is 11.7. The molecule has 0 spiro atoms. The molecule has 1 atom stereocenters. The largest absolute Gasteiger partial charge is 0.508 e. The number of amides is 1. The standard InChI is InChI=1S/C22H30N4O3.HI/c1-4-23-22(26-15-17(3)29-20-7-5-6-16(2)14-20)25-13-12-24-21(28)18-8-10-19(27)11-9-18;/h5-11,14,17,27H,4,12-13,15H2,1-3H3,(H,24,28)(H2,23,25,26);1H. The van der Waals surface area contributed by atoms with Crippen LogP contribution in [-0.2, 0) is 0 Å². The lowest BCUT2D eigenvalue weighted by Gasteiger charge is -2.15. The summed E-state index contributed by atoms with van der Waals surface area (Å²) in [5.74, 6) is 1.46. The maximum Gasteiger partial charge on any atom is 0.251 e. The third kappa shape index (κ3) is 9.34. The van der Waals surface area contributed by atoms with E-state index in [2.05, 4.69) is 20.9 Å². The van der Waals surface area contributed by atoms with Crippen molar-refractivity contribution in [2.45, 2.75) is 26.9 Å². The summed E-state index contributed by atoms with van der Waals surface area (Å²) in [6, 6.07) is 14.1. The zero-order valence-corrected chi connectivity index (χ0v) is 20.0. The molecule has 2 aromatic rings. The van der Waals surface area contributed by atoms with Gasteiger partial charge in [0.1, 0.15) is 17.6 Å². The molecule has 30 heavy (non-hydrogen) atoms. The van der Waals surface area contributed by atoms with Gasteiger partial charge >= 0.3 is 0 Å². The van der Waals surface area contributed by atoms with Gasteiger partial charge in [0, 0.05) is 25.2 Å². The number of aryl methyl sites for hydroxylation is 1. The summed E-state index contributed by atoms with van der Waals surface area (Å²) in [7, 11) is 0. The first-order valence-corrected chi connectivity index (χ1v) is 9.80. The number of guanidine groups is 1. The van der Waals surface area contributed by atoms with E-state index >= 15 is 0 Å². The van der Waals surface area contributed by atoms with Crippen LogP contribution in [0.3, 0.4) is 0 Å². The Labute approximate surface area is 195 Å². The number of rotatable bonds is 9. The first-order valence-electron chi connectivity index (χ1n) is 9.80. The van der Waals surface area contributed by atoms with E-state index in [4.69, 9.17) is 4.74 Å². The van der Waals surface area contributed by atoms with E-state index in [0.29, 0.717) is 31.2 Å². The van der Waals surface area contributed by atoms with Crippen molar-refractivity contribution < 1.29 is 14.6 Å². The van der Waals surface area contributed by atoms with Crippen molar-refractivity contribution in [3.8, 4) is 11.5 Å². The fourth-order valence-corrected chi connectivity index (χ4v) is 2.59. The fraction of sp³-hybridized carbons (Fsp3) is 0.364. The molecule has 164 valence electrons. The van der Waals surface area contributed by atoms with E-state index in [-0.39, 0.29) is 41.7 Å². The minimum Gasteiger partial charge on any atom is -0.508 e. The van der Waals surface area contributed by atoms with Crippen LogP contribution in [0.5, 0.6) is 11.5 Å². The molecule has 0 heterocycles. The topological polar surface area (TPSA) is 95.0 Å². The third-order valence-electron chi connectivity index (χ3n) is 4.01. The van der Waals surface area contributed by atoms with Gasteiger partial charge in [-0.05, 0) is 62.7 Å². The van der Waals surface area contributed by atoms with Crippen LogP contribution < -0.4 is 20.7 Å². The number of hydrogen-bond donors (Lipinski definition) is 4. The van der Waals surface area contributed by atoms with Gasteiger partial charge < -0.3 is 25.8 Å². The highest BCUT2D eigenvalue weighted by molar-refractivity contribution is 14.0. The van der Waals surface area contributed by atoms with Crippen molar-refractivity contribution in [1.82, 2.24) is 16.0 Å². The van der Waals surface area contributed by atoms with Crippen LogP contribution in [0.25, 0.3) is 0 Å². The lowest BCUT2D eigenvalue weighted by atomic mass is 10.2. The van der Waals surface area contributed by atoms with Gasteiger partial charge in [0.15, 0.2) is 5.96 Å². The lowest BCUT2D eigenvalue weighted by molar-refractivity contribution is 0.0954. The van der Waals surface area contributed by atoms with Crippen molar-refractivity contribution in [2.24, 2.45) is 4.99 Å². The van der Waals surface area contributed by atoms with E-state index in [1.165, 1.54) is 12.1 Å². The average Bonchev–Trinajstić information content (AvgIpc) is 2.69. The van der Waals surface area contributed by atoms with Gasteiger partial charge in [0.05, 0.1) is 6.54 Å². The highest BCUT2D eigenvalue weighted by Crippen LogP contribution is 2.14. The van der Waals surface area contributed by atoms with Gasteiger partial charge in [-0.2, -0.15) is 0 Å². The second-order valence-electron chi connectivity index (χ2n) is 6.69. The van der Waals surface area contributed by atoms with Crippen molar-refractivity contribution in [2.75, 3.05) is 26.2 Å². The monoisotopic (exact) mass is 526 g/mol. The minimum atomic E-state index is -0.186. The molecule has 0 saturated carbocycles. The molecule has 0 aliphatic heterocycles. The molecule has 0 radical (unpaired) electrons. The Balaban J connectivity index is 0.00000450. The molecule has 8 heteroatoms. The molecule has 0 aliphatic rings. The summed E-state index contributed by atoms with van der Waals surface area (Å²) in [5.41, 5.74) is 1.66. The predicted octanol–water partition coefficient (Wildman–Crippen LogP) is 3.07. The van der Waals surface area contributed by atoms with E-state index in [1.807, 2.05) is 45.0 Å². The summed E-state index contributed by atoms with van der Waals surface area (Å²) in [4.78, 5) is 16.6. The maximum atomic E-state index is 12.1. The highest BCUT2D eigenvalue weighted by atomic mass is 127. The lowest BCUT2D eigenvalue weighted by Crippen LogP contribution is -2.42. The molecule has 1 unspecified atom stereocenters. The van der Waals surface area contributed by atoms with Crippen LogP contribution in [-0.4, -0.2) is 49.3 Å². The quantitative estimate of drug-likeness (QED) is 0.175. The van der Waals surface area contributed by atoms with Gasteiger partial charge in [-0.1, -0.05) is 12.1 Å². The number of carbonyl (C=O) groups excluding carboxylic acids is 1. The molecule has 1 amide bonds. The second-order valence-corrected chi connectivity index (χ2v) is 6.69. The normalized spacial score (nSPS) is 11.8. The van der Waals surface area contributed by atoms with E-state index < -0.39 is 0 Å². The van der Waals surface area contributed by atoms with Crippen LogP contribution in [0.4, 0.5) is 0 Å². The SMILES string of the molecule is CCNC(=NCC(C)Oc1cccc(C)c1)NCCNC(=O)c1ccc(O)cc1.I. The molecule has 0 saturated heterocycles. The number of benzene rings is 2. The molecule has 2 rings (SSSR count). The van der Waals surface area contributed by atoms with Crippen LogP contribution >= 0.6 is 24.0 Å². The van der Waals surface area contributed by atoms with Crippen molar-refractivity contribution in [1.29, 1.82) is 0 Å². The summed E-state index contributed by atoms with van der Waals surface area (Å²) in [6.45, 7) is 8.22. The maximum absolute atomic E-state index is 12.1. The summed E-state index contributed by atoms with van der Waals surface area (Å²) in [5, 5.41) is 18.5. The molecule has 0 aliphatic carbocycles. The summed E-state index contributed by atoms with van der Waals surface area (Å²) in [6.07, 6.45) is -0.0681. The molecular weight excluding hydrogens is 495 g/mol. The van der Waals surface area contributed by atoms with Crippen molar-refractivity contribution in [3.63, 3.8) is 0 Å². The predicted molar refractivity (Wildman–Crippen MR) is 131 cm³/mol. The minimum absolute atomic E-state index is 0. The summed E-state index contributed by atoms with van der Waals surface area (Å²) < 4.78 is 5.90. The summed E-state index contributed by atoms with van der Waals surface area (Å²) >= 11 is 0. The number of halogens is 1. The Morgan fingerprint density at radius 1 is 1.10 bits per heavy atom. The number of aromatic hydroxyl groups is 1. The number of phenolic OH excluding ortho intramolecular Hbond substituents is 1.